The summed E-state index contributed by atoms with van der Waals surface area (Å²) >= 11 is 0. The molecule has 1 amide bonds. The molecule has 19 heavy (non-hydrogen) atoms. The van der Waals surface area contributed by atoms with Gasteiger partial charge in [-0.1, -0.05) is 0 Å². The molecule has 2 heterocycles. The maximum absolute atomic E-state index is 12.3. The molecular formula is C12H21N5O2. The fourth-order valence-corrected chi connectivity index (χ4v) is 2.23. The predicted molar refractivity (Wildman–Crippen MR) is 70.6 cm³/mol. The van der Waals surface area contributed by atoms with Gasteiger partial charge in [-0.3, -0.25) is 14.3 Å². The van der Waals surface area contributed by atoms with Crippen molar-refractivity contribution in [2.24, 2.45) is 0 Å². The van der Waals surface area contributed by atoms with Crippen molar-refractivity contribution in [3.63, 3.8) is 0 Å². The number of hydrogen-bond donors (Lipinski definition) is 1. The summed E-state index contributed by atoms with van der Waals surface area (Å²) in [6, 6.07) is -0.0174. The van der Waals surface area contributed by atoms with E-state index in [0.717, 1.165) is 0 Å². The Labute approximate surface area is 112 Å². The Morgan fingerprint density at radius 3 is 2.68 bits per heavy atom. The first kappa shape index (κ1) is 13.8. The molecule has 0 aliphatic carbocycles. The van der Waals surface area contributed by atoms with E-state index in [1.165, 1.54) is 0 Å². The van der Waals surface area contributed by atoms with Gasteiger partial charge in [0.25, 0.3) is 0 Å². The standard InChI is InChI=1S/C12H21N5O2/c1-8(2)15(4)11(18)9(3)16-5-6-17-10(7-16)13-14-12(17)19/h8-9H,5-7H2,1-4H3,(H,14,19). The van der Waals surface area contributed by atoms with Crippen LogP contribution >= 0.6 is 0 Å². The highest BCUT2D eigenvalue weighted by molar-refractivity contribution is 5.81. The molecule has 0 aromatic carbocycles. The molecule has 7 nitrogen and oxygen atoms in total. The summed E-state index contributed by atoms with van der Waals surface area (Å²) in [6.45, 7) is 7.68. The van der Waals surface area contributed by atoms with E-state index < -0.39 is 0 Å². The maximum Gasteiger partial charge on any atom is 0.343 e. The Balaban J connectivity index is 2.08. The fourth-order valence-electron chi connectivity index (χ4n) is 2.23. The number of hydrogen-bond acceptors (Lipinski definition) is 4. The second kappa shape index (κ2) is 5.16. The van der Waals surface area contributed by atoms with Gasteiger partial charge in [0.2, 0.25) is 5.91 Å². The number of aromatic nitrogens is 3. The molecule has 1 atom stereocenters. The number of likely N-dealkylation sites (N-methyl/N-ethyl adjacent to an activating group) is 1. The van der Waals surface area contributed by atoms with Gasteiger partial charge in [-0.05, 0) is 20.8 Å². The first-order valence-corrected chi connectivity index (χ1v) is 6.56. The van der Waals surface area contributed by atoms with Crippen molar-refractivity contribution < 1.29 is 4.79 Å². The number of carbonyl (C=O) groups is 1. The van der Waals surface area contributed by atoms with Gasteiger partial charge in [0.1, 0.15) is 5.82 Å². The first-order valence-electron chi connectivity index (χ1n) is 6.56. The minimum Gasteiger partial charge on any atom is -0.342 e. The molecule has 1 N–H and O–H groups in total. The third-order valence-electron chi connectivity index (χ3n) is 3.82. The van der Waals surface area contributed by atoms with E-state index in [1.807, 2.05) is 27.8 Å². The number of nitrogens with one attached hydrogen (secondary N) is 1. The van der Waals surface area contributed by atoms with Crippen LogP contribution in [0.15, 0.2) is 4.79 Å². The number of amides is 1. The second-order valence-corrected chi connectivity index (χ2v) is 5.29. The fraction of sp³-hybridized carbons (Fsp3) is 0.750. The summed E-state index contributed by atoms with van der Waals surface area (Å²) < 4.78 is 1.62. The van der Waals surface area contributed by atoms with Crippen molar-refractivity contribution in [3.05, 3.63) is 16.3 Å². The van der Waals surface area contributed by atoms with Crippen LogP contribution in [0.2, 0.25) is 0 Å². The van der Waals surface area contributed by atoms with Crippen molar-refractivity contribution in [1.82, 2.24) is 24.6 Å². The summed E-state index contributed by atoms with van der Waals surface area (Å²) in [5, 5.41) is 6.43. The van der Waals surface area contributed by atoms with Gasteiger partial charge in [-0.2, -0.15) is 5.10 Å². The SMILES string of the molecule is CC(C(=O)N(C)C(C)C)N1CCn2c(n[nH]c2=O)C1. The van der Waals surface area contributed by atoms with Crippen LogP contribution in [0, 0.1) is 0 Å². The van der Waals surface area contributed by atoms with Gasteiger partial charge < -0.3 is 4.90 Å². The number of fused-ring (bicyclic) bond motifs is 1. The highest BCUT2D eigenvalue weighted by Crippen LogP contribution is 2.13. The van der Waals surface area contributed by atoms with Crippen LogP contribution in [0.3, 0.4) is 0 Å². The monoisotopic (exact) mass is 267 g/mol. The Bertz CT molecular complexity index is 518. The third-order valence-corrected chi connectivity index (χ3v) is 3.82. The summed E-state index contributed by atoms with van der Waals surface area (Å²) in [6.07, 6.45) is 0. The molecule has 1 aromatic rings. The molecule has 0 fully saturated rings. The molecule has 1 aromatic heterocycles. The van der Waals surface area contributed by atoms with Gasteiger partial charge in [-0.15, -0.1) is 0 Å². The summed E-state index contributed by atoms with van der Waals surface area (Å²) in [7, 11) is 1.82. The van der Waals surface area contributed by atoms with E-state index in [1.54, 1.807) is 9.47 Å². The second-order valence-electron chi connectivity index (χ2n) is 5.29. The summed E-state index contributed by atoms with van der Waals surface area (Å²) in [5.74, 6) is 0.796. The van der Waals surface area contributed by atoms with Crippen molar-refractivity contribution in [2.45, 2.75) is 45.9 Å². The van der Waals surface area contributed by atoms with Crippen LogP contribution < -0.4 is 5.69 Å². The molecule has 1 unspecified atom stereocenters. The molecule has 1 aliphatic rings. The number of nitrogens with zero attached hydrogens (tertiary/aromatic N) is 4. The average molecular weight is 267 g/mol. The molecule has 106 valence electrons. The third kappa shape index (κ3) is 2.56. The number of rotatable bonds is 3. The highest BCUT2D eigenvalue weighted by Gasteiger charge is 2.29. The first-order chi connectivity index (χ1) is 8.91. The largest absolute Gasteiger partial charge is 0.343 e. The molecule has 7 heteroatoms. The molecule has 0 saturated heterocycles. The van der Waals surface area contributed by atoms with Gasteiger partial charge in [0, 0.05) is 26.2 Å². The van der Waals surface area contributed by atoms with E-state index in [9.17, 15) is 9.59 Å². The summed E-state index contributed by atoms with van der Waals surface area (Å²) in [4.78, 5) is 27.5. The van der Waals surface area contributed by atoms with Crippen LogP contribution in [-0.4, -0.2) is 56.1 Å². The zero-order chi connectivity index (χ0) is 14.2. The average Bonchev–Trinajstić information content (AvgIpc) is 2.77. The quantitative estimate of drug-likeness (QED) is 0.812. The van der Waals surface area contributed by atoms with Crippen molar-refractivity contribution in [1.29, 1.82) is 0 Å². The molecule has 0 radical (unpaired) electrons. The molecule has 2 rings (SSSR count). The number of carbonyl (C=O) groups excluding carboxylic acids is 1. The Kier molecular flexibility index (Phi) is 3.75. The van der Waals surface area contributed by atoms with E-state index in [2.05, 4.69) is 15.1 Å². The van der Waals surface area contributed by atoms with E-state index >= 15 is 0 Å². The van der Waals surface area contributed by atoms with E-state index in [4.69, 9.17) is 0 Å². The molecule has 0 saturated carbocycles. The molecule has 1 aliphatic heterocycles. The topological polar surface area (TPSA) is 74.2 Å². The van der Waals surface area contributed by atoms with Crippen LogP contribution in [0.1, 0.15) is 26.6 Å². The van der Waals surface area contributed by atoms with Crippen LogP contribution in [0.5, 0.6) is 0 Å². The minimum absolute atomic E-state index is 0.0985. The van der Waals surface area contributed by atoms with Crippen molar-refractivity contribution in [2.75, 3.05) is 13.6 Å². The number of H-pyrrole nitrogens is 1. The van der Waals surface area contributed by atoms with E-state index in [0.29, 0.717) is 25.5 Å². The lowest BCUT2D eigenvalue weighted by molar-refractivity contribution is -0.137. The van der Waals surface area contributed by atoms with Crippen LogP contribution in [-0.2, 0) is 17.9 Å². The normalized spacial score (nSPS) is 17.3. The maximum atomic E-state index is 12.3. The van der Waals surface area contributed by atoms with Crippen LogP contribution in [0.25, 0.3) is 0 Å². The lowest BCUT2D eigenvalue weighted by atomic mass is 10.2. The van der Waals surface area contributed by atoms with Gasteiger partial charge >= 0.3 is 5.69 Å². The molecular weight excluding hydrogens is 246 g/mol. The molecule has 0 bridgehead atoms. The predicted octanol–water partition coefficient (Wildman–Crippen LogP) is -0.358. The Hall–Kier alpha value is -1.63. The Morgan fingerprint density at radius 1 is 1.37 bits per heavy atom. The lowest BCUT2D eigenvalue weighted by Crippen LogP contribution is -2.50. The molecule has 0 spiro atoms. The van der Waals surface area contributed by atoms with Crippen molar-refractivity contribution >= 4 is 5.91 Å². The lowest BCUT2D eigenvalue weighted by Gasteiger charge is -2.34. The van der Waals surface area contributed by atoms with E-state index in [-0.39, 0.29) is 23.7 Å². The zero-order valence-electron chi connectivity index (χ0n) is 11.9. The minimum atomic E-state index is -0.201. The van der Waals surface area contributed by atoms with Gasteiger partial charge in [-0.25, -0.2) is 9.89 Å². The Morgan fingerprint density at radius 2 is 2.05 bits per heavy atom. The van der Waals surface area contributed by atoms with Gasteiger partial charge in [0.05, 0.1) is 12.6 Å². The van der Waals surface area contributed by atoms with Crippen molar-refractivity contribution in [3.8, 4) is 0 Å². The smallest absolute Gasteiger partial charge is 0.342 e. The van der Waals surface area contributed by atoms with Gasteiger partial charge in [0.15, 0.2) is 0 Å². The van der Waals surface area contributed by atoms with Crippen LogP contribution in [0.4, 0.5) is 0 Å². The summed E-state index contributed by atoms with van der Waals surface area (Å²) in [5.41, 5.74) is -0.173. The number of aromatic amines is 1. The highest BCUT2D eigenvalue weighted by atomic mass is 16.2. The zero-order valence-corrected chi connectivity index (χ0v) is 11.9.